The lowest BCUT2D eigenvalue weighted by molar-refractivity contribution is -0.192. The van der Waals surface area contributed by atoms with E-state index in [0.29, 0.717) is 0 Å². The highest BCUT2D eigenvalue weighted by atomic mass is 31.1. The minimum atomic E-state index is -5.08. The van der Waals surface area contributed by atoms with E-state index in [1.165, 1.54) is 0 Å². The predicted molar refractivity (Wildman–Crippen MR) is 33.1 cm³/mol. The Labute approximate surface area is 62.0 Å². The third kappa shape index (κ3) is 17.6. The second-order valence-corrected chi connectivity index (χ2v) is 3.24. The van der Waals surface area contributed by atoms with Gasteiger partial charge in [0.25, 0.3) is 0 Å². The minimum absolute atomic E-state index is 0.870. The highest BCUT2D eigenvalue weighted by Gasteiger charge is 2.38. The standard InChI is InChI=1S/C2HF3O2.C2H6OP/c3-2(4,5)1(6)7;1-4(2)3/h(H,6,7);1-2H3/q;+1. The van der Waals surface area contributed by atoms with E-state index in [2.05, 4.69) is 0 Å². The zero-order valence-electron chi connectivity index (χ0n) is 5.84. The quantitative estimate of drug-likeness (QED) is 0.593. The van der Waals surface area contributed by atoms with Gasteiger partial charge in [0.1, 0.15) is 13.3 Å². The molecule has 0 heterocycles. The van der Waals surface area contributed by atoms with Crippen LogP contribution in [-0.4, -0.2) is 30.6 Å². The average Bonchev–Trinajstić information content (AvgIpc) is 1.59. The Morgan fingerprint density at radius 2 is 1.45 bits per heavy atom. The second-order valence-electron chi connectivity index (χ2n) is 1.62. The molecule has 0 aromatic heterocycles. The van der Waals surface area contributed by atoms with Gasteiger partial charge in [0.05, 0.1) is 0 Å². The van der Waals surface area contributed by atoms with Gasteiger partial charge in [0.15, 0.2) is 0 Å². The van der Waals surface area contributed by atoms with E-state index < -0.39 is 19.9 Å². The molecule has 0 rings (SSSR count). The van der Waals surface area contributed by atoms with Gasteiger partial charge in [-0.15, -0.1) is 0 Å². The molecule has 0 aliphatic rings. The van der Waals surface area contributed by atoms with Gasteiger partial charge in [0, 0.05) is 0 Å². The topological polar surface area (TPSA) is 54.4 Å². The van der Waals surface area contributed by atoms with Gasteiger partial charge in [-0.1, -0.05) is 4.57 Å². The number of hydrogen-bond donors (Lipinski definition) is 1. The van der Waals surface area contributed by atoms with Crippen molar-refractivity contribution in [2.45, 2.75) is 6.18 Å². The van der Waals surface area contributed by atoms with E-state index in [-0.39, 0.29) is 0 Å². The maximum atomic E-state index is 10.6. The largest absolute Gasteiger partial charge is 0.490 e. The summed E-state index contributed by atoms with van der Waals surface area (Å²) in [6.45, 7) is 3.35. The molecule has 66 valence electrons. The molecule has 0 saturated carbocycles. The van der Waals surface area contributed by atoms with Crippen LogP contribution in [0.2, 0.25) is 0 Å². The van der Waals surface area contributed by atoms with E-state index in [9.17, 15) is 17.7 Å². The summed E-state index contributed by atoms with van der Waals surface area (Å²) < 4.78 is 41.3. The van der Waals surface area contributed by atoms with Crippen LogP contribution in [-0.2, 0) is 9.36 Å². The fourth-order valence-corrected chi connectivity index (χ4v) is 0. The highest BCUT2D eigenvalue weighted by Crippen LogP contribution is 2.13. The lowest BCUT2D eigenvalue weighted by Gasteiger charge is -1.93. The maximum Gasteiger partial charge on any atom is 0.490 e. The van der Waals surface area contributed by atoms with Crippen molar-refractivity contribution in [1.82, 2.24) is 0 Å². The number of carbonyl (C=O) groups is 1. The summed E-state index contributed by atoms with van der Waals surface area (Å²) in [7, 11) is -0.870. The van der Waals surface area contributed by atoms with Gasteiger partial charge >= 0.3 is 19.9 Å². The Hall–Kier alpha value is -0.640. The van der Waals surface area contributed by atoms with Gasteiger partial charge in [-0.25, -0.2) is 4.79 Å². The first-order valence-corrected chi connectivity index (χ1v) is 4.48. The fourth-order valence-electron chi connectivity index (χ4n) is 0. The first-order valence-electron chi connectivity index (χ1n) is 2.32. The number of rotatable bonds is 0. The molecule has 1 N–H and O–H groups in total. The Morgan fingerprint density at radius 3 is 1.45 bits per heavy atom. The Bertz CT molecular complexity index is 149. The van der Waals surface area contributed by atoms with Gasteiger partial charge in [-0.3, -0.25) is 0 Å². The molecule has 0 saturated heterocycles. The average molecular weight is 191 g/mol. The van der Waals surface area contributed by atoms with E-state index in [4.69, 9.17) is 9.90 Å². The van der Waals surface area contributed by atoms with Crippen molar-refractivity contribution in [2.75, 3.05) is 13.3 Å². The normalized spacial score (nSPS) is 9.55. The molecule has 0 spiro atoms. The van der Waals surface area contributed by atoms with E-state index in [0.717, 1.165) is 0 Å². The van der Waals surface area contributed by atoms with Gasteiger partial charge in [-0.05, 0) is 0 Å². The third-order valence-electron chi connectivity index (χ3n) is 0.243. The lowest BCUT2D eigenvalue weighted by Crippen LogP contribution is -2.21. The molecule has 0 atom stereocenters. The van der Waals surface area contributed by atoms with Crippen LogP contribution in [0.1, 0.15) is 0 Å². The smallest absolute Gasteiger partial charge is 0.475 e. The summed E-state index contributed by atoms with van der Waals surface area (Å²) in [6, 6.07) is 0. The molecule has 0 amide bonds. The summed E-state index contributed by atoms with van der Waals surface area (Å²) >= 11 is 0. The summed E-state index contributed by atoms with van der Waals surface area (Å²) in [5, 5.41) is 7.12. The van der Waals surface area contributed by atoms with Crippen molar-refractivity contribution in [2.24, 2.45) is 0 Å². The summed E-state index contributed by atoms with van der Waals surface area (Å²) in [5.74, 6) is -2.76. The van der Waals surface area contributed by atoms with Crippen LogP contribution < -0.4 is 0 Å². The number of alkyl halides is 3. The molecular formula is C4H7F3O3P+. The van der Waals surface area contributed by atoms with Crippen molar-refractivity contribution in [3.63, 3.8) is 0 Å². The SMILES string of the molecule is C[P+](C)=O.O=C(O)C(F)(F)F. The molecule has 0 aromatic rings. The molecule has 3 nitrogen and oxygen atoms in total. The van der Waals surface area contributed by atoms with Crippen molar-refractivity contribution >= 4 is 13.8 Å². The lowest BCUT2D eigenvalue weighted by atomic mass is 10.7. The van der Waals surface area contributed by atoms with Crippen LogP contribution in [0.15, 0.2) is 0 Å². The second kappa shape index (κ2) is 5.07. The molecule has 0 aliphatic carbocycles. The molecule has 0 unspecified atom stereocenters. The van der Waals surface area contributed by atoms with Crippen molar-refractivity contribution in [1.29, 1.82) is 0 Å². The van der Waals surface area contributed by atoms with Crippen LogP contribution in [0.5, 0.6) is 0 Å². The molecule has 0 bridgehead atoms. The number of halogens is 3. The number of carboxylic acids is 1. The van der Waals surface area contributed by atoms with E-state index in [1.54, 1.807) is 13.3 Å². The van der Waals surface area contributed by atoms with Gasteiger partial charge in [0.2, 0.25) is 0 Å². The van der Waals surface area contributed by atoms with Crippen LogP contribution >= 0.6 is 7.80 Å². The van der Waals surface area contributed by atoms with Gasteiger partial charge < -0.3 is 5.11 Å². The van der Waals surface area contributed by atoms with Gasteiger partial charge in [-0.2, -0.15) is 13.2 Å². The minimum Gasteiger partial charge on any atom is -0.475 e. The van der Waals surface area contributed by atoms with Crippen LogP contribution in [0.3, 0.4) is 0 Å². The molecule has 0 aromatic carbocycles. The molecule has 11 heavy (non-hydrogen) atoms. The molecule has 0 fully saturated rings. The Balaban J connectivity index is 0. The maximum absolute atomic E-state index is 10.6. The van der Waals surface area contributed by atoms with Crippen LogP contribution in [0, 0.1) is 0 Å². The fraction of sp³-hybridized carbons (Fsp3) is 0.750. The first-order chi connectivity index (χ1) is 4.68. The number of hydrogen-bond acceptors (Lipinski definition) is 2. The highest BCUT2D eigenvalue weighted by molar-refractivity contribution is 7.42. The molecule has 7 heteroatoms. The number of aliphatic carboxylic acids is 1. The summed E-state index contributed by atoms with van der Waals surface area (Å²) in [4.78, 5) is 8.90. The van der Waals surface area contributed by atoms with Crippen molar-refractivity contribution in [3.8, 4) is 0 Å². The summed E-state index contributed by atoms with van der Waals surface area (Å²) in [6.07, 6.45) is -5.08. The van der Waals surface area contributed by atoms with Crippen LogP contribution in [0.4, 0.5) is 13.2 Å². The zero-order chi connectivity index (χ0) is 9.65. The Morgan fingerprint density at radius 1 is 1.36 bits per heavy atom. The summed E-state index contributed by atoms with van der Waals surface area (Å²) in [5.41, 5.74) is 0. The van der Waals surface area contributed by atoms with Crippen molar-refractivity contribution < 1.29 is 27.6 Å². The Kier molecular flexibility index (Phi) is 5.98. The third-order valence-corrected chi connectivity index (χ3v) is 0.243. The van der Waals surface area contributed by atoms with E-state index in [1.807, 2.05) is 0 Å². The monoisotopic (exact) mass is 191 g/mol. The van der Waals surface area contributed by atoms with Crippen LogP contribution in [0.25, 0.3) is 0 Å². The zero-order valence-corrected chi connectivity index (χ0v) is 6.74. The predicted octanol–water partition coefficient (Wildman–Crippen LogP) is 1.71. The first kappa shape index (κ1) is 13.0. The molecular weight excluding hydrogens is 184 g/mol. The van der Waals surface area contributed by atoms with E-state index >= 15 is 0 Å². The molecule has 0 radical (unpaired) electrons. The number of carboxylic acid groups (broad SMARTS) is 1. The molecule has 0 aliphatic heterocycles. The van der Waals surface area contributed by atoms with Crippen molar-refractivity contribution in [3.05, 3.63) is 0 Å².